The number of hydrazine groups is 1. The highest BCUT2D eigenvalue weighted by Gasteiger charge is 2.14. The standard InChI is InChI=1S/C18H17FN6O2/c1-27-14-9-5-2-6-11(14)18(26)25-24-17-15(20)16(21-10-22-17)23-13-8-4-3-7-12(13)19/h2-10H,20H2,1H3,(H,25,26)(H2,21,22,23,24). The topological polar surface area (TPSA) is 114 Å². The van der Waals surface area contributed by atoms with Crippen LogP contribution in [0.15, 0.2) is 54.9 Å². The normalized spacial score (nSPS) is 10.1. The highest BCUT2D eigenvalue weighted by molar-refractivity contribution is 5.97. The Morgan fingerprint density at radius 1 is 1.07 bits per heavy atom. The van der Waals surface area contributed by atoms with Gasteiger partial charge in [0.15, 0.2) is 11.6 Å². The van der Waals surface area contributed by atoms with E-state index in [1.807, 2.05) is 0 Å². The molecule has 1 amide bonds. The average molecular weight is 368 g/mol. The zero-order valence-electron chi connectivity index (χ0n) is 14.4. The number of halogens is 1. The highest BCUT2D eigenvalue weighted by atomic mass is 19.1. The van der Waals surface area contributed by atoms with Crippen molar-refractivity contribution in [2.45, 2.75) is 0 Å². The number of nitrogen functional groups attached to an aromatic ring is 1. The molecule has 138 valence electrons. The lowest BCUT2D eigenvalue weighted by Gasteiger charge is -2.14. The Labute approximate surface area is 154 Å². The van der Waals surface area contributed by atoms with Crippen LogP contribution < -0.4 is 26.6 Å². The lowest BCUT2D eigenvalue weighted by Crippen LogP contribution is -2.30. The Morgan fingerprint density at radius 2 is 1.78 bits per heavy atom. The van der Waals surface area contributed by atoms with Gasteiger partial charge in [0.2, 0.25) is 0 Å². The predicted octanol–water partition coefficient (Wildman–Crippen LogP) is 2.71. The molecule has 0 radical (unpaired) electrons. The number of carbonyl (C=O) groups is 1. The van der Waals surface area contributed by atoms with Crippen molar-refractivity contribution in [2.75, 3.05) is 23.6 Å². The Bertz CT molecular complexity index is 966. The van der Waals surface area contributed by atoms with Gasteiger partial charge in [0.05, 0.1) is 18.4 Å². The smallest absolute Gasteiger partial charge is 0.273 e. The number of para-hydroxylation sites is 2. The fourth-order valence-corrected chi connectivity index (χ4v) is 2.30. The first-order valence-electron chi connectivity index (χ1n) is 7.91. The number of nitrogens with one attached hydrogen (secondary N) is 3. The van der Waals surface area contributed by atoms with Crippen molar-refractivity contribution in [2.24, 2.45) is 0 Å². The summed E-state index contributed by atoms with van der Waals surface area (Å²) in [6, 6.07) is 12.9. The minimum absolute atomic E-state index is 0.112. The summed E-state index contributed by atoms with van der Waals surface area (Å²) in [6.07, 6.45) is 1.23. The van der Waals surface area contributed by atoms with Gasteiger partial charge >= 0.3 is 0 Å². The van der Waals surface area contributed by atoms with E-state index in [0.29, 0.717) is 11.3 Å². The van der Waals surface area contributed by atoms with E-state index in [1.54, 1.807) is 42.5 Å². The molecule has 0 aliphatic carbocycles. The maximum atomic E-state index is 13.8. The Balaban J connectivity index is 1.74. The second-order valence-electron chi connectivity index (χ2n) is 5.37. The third-order valence-electron chi connectivity index (χ3n) is 3.66. The van der Waals surface area contributed by atoms with E-state index in [0.717, 1.165) is 0 Å². The first-order chi connectivity index (χ1) is 13.1. The van der Waals surface area contributed by atoms with Gasteiger partial charge in [0.1, 0.15) is 23.6 Å². The first-order valence-corrected chi connectivity index (χ1v) is 7.91. The lowest BCUT2D eigenvalue weighted by atomic mass is 10.2. The summed E-state index contributed by atoms with van der Waals surface area (Å²) >= 11 is 0. The van der Waals surface area contributed by atoms with Crippen molar-refractivity contribution in [3.05, 3.63) is 66.2 Å². The lowest BCUT2D eigenvalue weighted by molar-refractivity contribution is 0.0959. The summed E-state index contributed by atoms with van der Waals surface area (Å²) in [5.41, 5.74) is 11.8. The van der Waals surface area contributed by atoms with Gasteiger partial charge in [-0.1, -0.05) is 24.3 Å². The molecule has 1 heterocycles. The number of nitrogens with two attached hydrogens (primary N) is 1. The van der Waals surface area contributed by atoms with Crippen molar-refractivity contribution in [3.63, 3.8) is 0 Å². The van der Waals surface area contributed by atoms with Crippen LogP contribution >= 0.6 is 0 Å². The Morgan fingerprint density at radius 3 is 2.56 bits per heavy atom. The summed E-state index contributed by atoms with van der Waals surface area (Å²) in [6.45, 7) is 0. The molecule has 3 rings (SSSR count). The molecule has 0 spiro atoms. The van der Waals surface area contributed by atoms with Gasteiger partial charge in [-0.15, -0.1) is 0 Å². The number of carbonyl (C=O) groups excluding carboxylic acids is 1. The molecule has 5 N–H and O–H groups in total. The second kappa shape index (κ2) is 8.00. The quantitative estimate of drug-likeness (QED) is 0.495. The van der Waals surface area contributed by atoms with E-state index in [2.05, 4.69) is 26.1 Å². The predicted molar refractivity (Wildman–Crippen MR) is 100 cm³/mol. The molecule has 0 bridgehead atoms. The summed E-state index contributed by atoms with van der Waals surface area (Å²) < 4.78 is 18.9. The SMILES string of the molecule is COc1ccccc1C(=O)NNc1ncnc(Nc2ccccc2F)c1N. The first kappa shape index (κ1) is 17.9. The molecule has 2 aromatic carbocycles. The molecule has 0 saturated carbocycles. The highest BCUT2D eigenvalue weighted by Crippen LogP contribution is 2.26. The summed E-state index contributed by atoms with van der Waals surface area (Å²) in [5, 5.41) is 2.79. The fraction of sp³-hybridized carbons (Fsp3) is 0.0556. The minimum Gasteiger partial charge on any atom is -0.496 e. The number of hydrogen-bond donors (Lipinski definition) is 4. The number of hydrogen-bond acceptors (Lipinski definition) is 7. The molecule has 1 aromatic heterocycles. The molecule has 0 saturated heterocycles. The largest absolute Gasteiger partial charge is 0.496 e. The van der Waals surface area contributed by atoms with E-state index in [4.69, 9.17) is 10.5 Å². The molecular weight excluding hydrogens is 351 g/mol. The van der Waals surface area contributed by atoms with Crippen molar-refractivity contribution >= 4 is 28.9 Å². The van der Waals surface area contributed by atoms with Crippen LogP contribution in [0.4, 0.5) is 27.4 Å². The Hall–Kier alpha value is -3.88. The average Bonchev–Trinajstić information content (AvgIpc) is 2.70. The van der Waals surface area contributed by atoms with Crippen LogP contribution in [-0.2, 0) is 0 Å². The van der Waals surface area contributed by atoms with E-state index in [1.165, 1.54) is 19.5 Å². The molecule has 3 aromatic rings. The summed E-state index contributed by atoms with van der Waals surface area (Å²) in [4.78, 5) is 20.3. The van der Waals surface area contributed by atoms with Gasteiger partial charge < -0.3 is 15.8 Å². The number of methoxy groups -OCH3 is 1. The number of ether oxygens (including phenoxy) is 1. The van der Waals surface area contributed by atoms with E-state index >= 15 is 0 Å². The monoisotopic (exact) mass is 368 g/mol. The van der Waals surface area contributed by atoms with Crippen LogP contribution in [0.2, 0.25) is 0 Å². The Kier molecular flexibility index (Phi) is 5.31. The van der Waals surface area contributed by atoms with Gasteiger partial charge in [-0.2, -0.15) is 0 Å². The maximum absolute atomic E-state index is 13.8. The maximum Gasteiger partial charge on any atom is 0.273 e. The molecule has 0 aliphatic heterocycles. The van der Waals surface area contributed by atoms with Gasteiger partial charge in [-0.3, -0.25) is 15.6 Å². The van der Waals surface area contributed by atoms with Crippen molar-refractivity contribution in [1.29, 1.82) is 0 Å². The van der Waals surface area contributed by atoms with Crippen molar-refractivity contribution in [3.8, 4) is 5.75 Å². The van der Waals surface area contributed by atoms with Crippen LogP contribution in [0.25, 0.3) is 0 Å². The van der Waals surface area contributed by atoms with Gasteiger partial charge in [0, 0.05) is 0 Å². The molecule has 27 heavy (non-hydrogen) atoms. The van der Waals surface area contributed by atoms with Crippen LogP contribution in [0.5, 0.6) is 5.75 Å². The summed E-state index contributed by atoms with van der Waals surface area (Å²) in [5.74, 6) is -0.103. The molecule has 9 heteroatoms. The zero-order valence-corrected chi connectivity index (χ0v) is 14.4. The summed E-state index contributed by atoms with van der Waals surface area (Å²) in [7, 11) is 1.47. The van der Waals surface area contributed by atoms with Crippen molar-refractivity contribution in [1.82, 2.24) is 15.4 Å². The molecule has 0 aliphatic rings. The minimum atomic E-state index is -0.450. The van der Waals surface area contributed by atoms with Crippen LogP contribution in [0.3, 0.4) is 0 Å². The molecule has 0 atom stereocenters. The van der Waals surface area contributed by atoms with Gasteiger partial charge in [-0.25, -0.2) is 14.4 Å². The number of nitrogens with zero attached hydrogens (tertiary/aromatic N) is 2. The van der Waals surface area contributed by atoms with Gasteiger partial charge in [-0.05, 0) is 24.3 Å². The molecular formula is C18H17FN6O2. The van der Waals surface area contributed by atoms with E-state index in [9.17, 15) is 9.18 Å². The molecule has 8 nitrogen and oxygen atoms in total. The third-order valence-corrected chi connectivity index (χ3v) is 3.66. The van der Waals surface area contributed by atoms with E-state index in [-0.39, 0.29) is 23.0 Å². The molecule has 0 fully saturated rings. The van der Waals surface area contributed by atoms with Crippen LogP contribution in [-0.4, -0.2) is 23.0 Å². The number of anilines is 4. The van der Waals surface area contributed by atoms with Crippen LogP contribution in [0, 0.1) is 5.82 Å². The second-order valence-corrected chi connectivity index (χ2v) is 5.37. The fourth-order valence-electron chi connectivity index (χ4n) is 2.30. The van der Waals surface area contributed by atoms with E-state index < -0.39 is 11.7 Å². The number of rotatable bonds is 6. The van der Waals surface area contributed by atoms with Crippen molar-refractivity contribution < 1.29 is 13.9 Å². The third kappa shape index (κ3) is 4.03. The van der Waals surface area contributed by atoms with Crippen LogP contribution in [0.1, 0.15) is 10.4 Å². The number of amides is 1. The number of benzene rings is 2. The molecule has 0 unspecified atom stereocenters. The zero-order chi connectivity index (χ0) is 19.2. The van der Waals surface area contributed by atoms with Gasteiger partial charge in [0.25, 0.3) is 5.91 Å². The number of aromatic nitrogens is 2.